The van der Waals surface area contributed by atoms with Gasteiger partial charge in [-0.15, -0.1) is 11.3 Å². The molecule has 0 amide bonds. The molecule has 1 aromatic carbocycles. The molecule has 0 spiro atoms. The monoisotopic (exact) mass is 249 g/mol. The second-order valence-corrected chi connectivity index (χ2v) is 5.56. The van der Waals surface area contributed by atoms with Crippen LogP contribution in [0.25, 0.3) is 0 Å². The molecule has 1 unspecified atom stereocenters. The van der Waals surface area contributed by atoms with Gasteiger partial charge < -0.3 is 5.73 Å². The molecule has 82 valence electrons. The van der Waals surface area contributed by atoms with Crippen molar-refractivity contribution in [2.24, 2.45) is 5.73 Å². The summed E-state index contributed by atoms with van der Waals surface area (Å²) >= 11 is 7.85. The minimum Gasteiger partial charge on any atom is -0.320 e. The summed E-state index contributed by atoms with van der Waals surface area (Å²) in [6.45, 7) is 0. The van der Waals surface area contributed by atoms with E-state index in [1.165, 1.54) is 21.6 Å². The molecule has 2 aromatic rings. The maximum Gasteiger partial charge on any atom is 0.0565 e. The fourth-order valence-electron chi connectivity index (χ4n) is 2.33. The largest absolute Gasteiger partial charge is 0.320 e. The molecule has 3 heteroatoms. The van der Waals surface area contributed by atoms with Crippen molar-refractivity contribution in [1.82, 2.24) is 0 Å². The summed E-state index contributed by atoms with van der Waals surface area (Å²) in [5.74, 6) is 0. The van der Waals surface area contributed by atoms with Crippen LogP contribution in [0.4, 0.5) is 0 Å². The van der Waals surface area contributed by atoms with Gasteiger partial charge in [0.15, 0.2) is 0 Å². The number of aryl methyl sites for hydroxylation is 2. The smallest absolute Gasteiger partial charge is 0.0565 e. The number of nitrogens with two attached hydrogens (primary N) is 1. The van der Waals surface area contributed by atoms with Gasteiger partial charge in [0.25, 0.3) is 0 Å². The van der Waals surface area contributed by atoms with E-state index in [1.54, 1.807) is 11.3 Å². The summed E-state index contributed by atoms with van der Waals surface area (Å²) in [5, 5.41) is 2.90. The van der Waals surface area contributed by atoms with E-state index in [2.05, 4.69) is 17.5 Å². The second kappa shape index (κ2) is 3.88. The molecule has 1 aliphatic rings. The van der Waals surface area contributed by atoms with Crippen LogP contribution in [0.5, 0.6) is 0 Å². The summed E-state index contributed by atoms with van der Waals surface area (Å²) in [5.41, 5.74) is 10.1. The number of rotatable bonds is 0. The van der Waals surface area contributed by atoms with E-state index in [-0.39, 0.29) is 6.04 Å². The molecule has 1 nitrogen and oxygen atoms in total. The lowest BCUT2D eigenvalue weighted by molar-refractivity contribution is 0.869. The van der Waals surface area contributed by atoms with Gasteiger partial charge in [-0.05, 0) is 53.1 Å². The van der Waals surface area contributed by atoms with Crippen molar-refractivity contribution in [3.8, 4) is 0 Å². The third-order valence-electron chi connectivity index (χ3n) is 3.18. The topological polar surface area (TPSA) is 26.0 Å². The van der Waals surface area contributed by atoms with E-state index >= 15 is 0 Å². The number of hydrogen-bond acceptors (Lipinski definition) is 2. The Hall–Kier alpha value is -0.830. The van der Waals surface area contributed by atoms with Gasteiger partial charge in [-0.3, -0.25) is 0 Å². The van der Waals surface area contributed by atoms with Crippen molar-refractivity contribution in [1.29, 1.82) is 0 Å². The Morgan fingerprint density at radius 2 is 2.06 bits per heavy atom. The number of hydrogen-bond donors (Lipinski definition) is 1. The third-order valence-corrected chi connectivity index (χ3v) is 4.41. The fourth-order valence-corrected chi connectivity index (χ4v) is 3.44. The Kier molecular flexibility index (Phi) is 2.51. The van der Waals surface area contributed by atoms with Crippen LogP contribution in [0.3, 0.4) is 0 Å². The molecule has 16 heavy (non-hydrogen) atoms. The van der Waals surface area contributed by atoms with E-state index in [9.17, 15) is 0 Å². The van der Waals surface area contributed by atoms with Crippen molar-refractivity contribution in [2.75, 3.05) is 0 Å². The van der Waals surface area contributed by atoms with Gasteiger partial charge >= 0.3 is 0 Å². The van der Waals surface area contributed by atoms with Crippen LogP contribution in [-0.4, -0.2) is 0 Å². The van der Waals surface area contributed by atoms with Gasteiger partial charge in [-0.25, -0.2) is 0 Å². The van der Waals surface area contributed by atoms with Crippen LogP contribution in [-0.2, 0) is 12.8 Å². The van der Waals surface area contributed by atoms with Gasteiger partial charge in [0.2, 0.25) is 0 Å². The maximum atomic E-state index is 6.32. The van der Waals surface area contributed by atoms with Crippen LogP contribution in [0.15, 0.2) is 29.6 Å². The van der Waals surface area contributed by atoms with Crippen molar-refractivity contribution < 1.29 is 0 Å². The maximum absolute atomic E-state index is 6.32. The first-order chi connectivity index (χ1) is 7.75. The molecule has 1 aliphatic carbocycles. The summed E-state index contributed by atoms with van der Waals surface area (Å²) in [6.07, 6.45) is 2.16. The molecular weight excluding hydrogens is 238 g/mol. The lowest BCUT2D eigenvalue weighted by atomic mass is 9.98. The van der Waals surface area contributed by atoms with Crippen molar-refractivity contribution >= 4 is 22.9 Å². The molecule has 0 bridgehead atoms. The van der Waals surface area contributed by atoms with Gasteiger partial charge in [0.1, 0.15) is 0 Å². The summed E-state index contributed by atoms with van der Waals surface area (Å²) < 4.78 is 0. The number of benzene rings is 1. The number of fused-ring (bicyclic) bond motifs is 2. The first-order valence-electron chi connectivity index (χ1n) is 5.36. The Morgan fingerprint density at radius 1 is 1.19 bits per heavy atom. The fraction of sp³-hybridized carbons (Fsp3) is 0.231. The van der Waals surface area contributed by atoms with Crippen molar-refractivity contribution in [3.63, 3.8) is 0 Å². The minimum absolute atomic E-state index is 0.0163. The van der Waals surface area contributed by atoms with Gasteiger partial charge in [-0.1, -0.05) is 17.7 Å². The van der Waals surface area contributed by atoms with Crippen LogP contribution in [0.2, 0.25) is 5.02 Å². The molecule has 2 N–H and O–H groups in total. The molecule has 1 atom stereocenters. The molecule has 0 saturated carbocycles. The Balaban J connectivity index is 2.18. The van der Waals surface area contributed by atoms with Gasteiger partial charge in [0.05, 0.1) is 6.04 Å². The van der Waals surface area contributed by atoms with Crippen LogP contribution in [0, 0.1) is 0 Å². The van der Waals surface area contributed by atoms with E-state index in [0.717, 1.165) is 17.9 Å². The summed E-state index contributed by atoms with van der Waals surface area (Å²) in [7, 11) is 0. The highest BCUT2D eigenvalue weighted by molar-refractivity contribution is 7.10. The first-order valence-corrected chi connectivity index (χ1v) is 6.61. The zero-order valence-corrected chi connectivity index (χ0v) is 10.3. The third kappa shape index (κ3) is 1.58. The Labute approximate surface area is 104 Å². The molecule has 0 fully saturated rings. The zero-order chi connectivity index (χ0) is 11.1. The minimum atomic E-state index is -0.0163. The average molecular weight is 250 g/mol. The normalized spacial score (nSPS) is 18.8. The van der Waals surface area contributed by atoms with Crippen molar-refractivity contribution in [3.05, 3.63) is 56.2 Å². The second-order valence-electron chi connectivity index (χ2n) is 4.12. The number of halogens is 1. The molecule has 1 heterocycles. The zero-order valence-electron chi connectivity index (χ0n) is 8.74. The van der Waals surface area contributed by atoms with Gasteiger partial charge in [-0.2, -0.15) is 0 Å². The highest BCUT2D eigenvalue weighted by atomic mass is 35.5. The van der Waals surface area contributed by atoms with Crippen LogP contribution in [0.1, 0.15) is 27.6 Å². The number of thiophene rings is 1. The van der Waals surface area contributed by atoms with E-state index in [1.807, 2.05) is 12.1 Å². The molecule has 1 aromatic heterocycles. The first kappa shape index (κ1) is 10.3. The SMILES string of the molecule is NC1c2cc(Cl)ccc2CCc2sccc21. The Morgan fingerprint density at radius 3 is 2.94 bits per heavy atom. The van der Waals surface area contributed by atoms with E-state index in [0.29, 0.717) is 0 Å². The predicted molar refractivity (Wildman–Crippen MR) is 69.2 cm³/mol. The van der Waals surface area contributed by atoms with Gasteiger partial charge in [0, 0.05) is 9.90 Å². The van der Waals surface area contributed by atoms with Crippen LogP contribution < -0.4 is 5.73 Å². The predicted octanol–water partition coefficient (Wildman–Crippen LogP) is 3.55. The quantitative estimate of drug-likeness (QED) is 0.759. The molecule has 3 rings (SSSR count). The lowest BCUT2D eigenvalue weighted by Gasteiger charge is -2.13. The summed E-state index contributed by atoms with van der Waals surface area (Å²) in [6, 6.07) is 8.19. The molecular formula is C13H12ClNS. The standard InChI is InChI=1S/C13H12ClNS/c14-9-3-1-8-2-4-12-10(5-6-16-12)13(15)11(8)7-9/h1,3,5-7,13H,2,4,15H2. The Bertz CT molecular complexity index is 532. The molecule has 0 radical (unpaired) electrons. The highest BCUT2D eigenvalue weighted by Crippen LogP contribution is 2.34. The molecule has 0 saturated heterocycles. The van der Waals surface area contributed by atoms with E-state index in [4.69, 9.17) is 17.3 Å². The van der Waals surface area contributed by atoms with E-state index < -0.39 is 0 Å². The van der Waals surface area contributed by atoms with Crippen molar-refractivity contribution in [2.45, 2.75) is 18.9 Å². The average Bonchev–Trinajstić information content (AvgIpc) is 2.70. The van der Waals surface area contributed by atoms with Crippen LogP contribution >= 0.6 is 22.9 Å². The lowest BCUT2D eigenvalue weighted by Crippen LogP contribution is -2.12. The molecule has 0 aliphatic heterocycles. The highest BCUT2D eigenvalue weighted by Gasteiger charge is 2.21. The summed E-state index contributed by atoms with van der Waals surface area (Å²) in [4.78, 5) is 1.42.